The molecule has 6 heteroatoms. The van der Waals surface area contributed by atoms with Crippen LogP contribution in [0.1, 0.15) is 28.7 Å². The number of hydrogen-bond acceptors (Lipinski definition) is 4. The maximum absolute atomic E-state index is 12.1. The number of nitrogens with zero attached hydrogens (tertiary/aromatic N) is 2. The van der Waals surface area contributed by atoms with Crippen LogP contribution in [-0.2, 0) is 6.54 Å². The van der Waals surface area contributed by atoms with Crippen LogP contribution in [0.3, 0.4) is 0 Å². The maximum atomic E-state index is 12.1. The topological polar surface area (TPSA) is 86.1 Å². The van der Waals surface area contributed by atoms with Gasteiger partial charge in [0.1, 0.15) is 5.69 Å². The zero-order chi connectivity index (χ0) is 13.3. The standard InChI is InChI=1S/C12H16N4O2/c1-4-16-6-9(13)5-10(16)11(17)14-12-7(2)8(3)15-18-12/h5-6H,4,13H2,1-3H3,(H,14,17). The molecule has 96 valence electrons. The molecule has 0 spiro atoms. The Hall–Kier alpha value is -2.24. The number of rotatable bonds is 3. The summed E-state index contributed by atoms with van der Waals surface area (Å²) in [5, 5.41) is 6.48. The van der Waals surface area contributed by atoms with E-state index in [-0.39, 0.29) is 5.91 Å². The van der Waals surface area contributed by atoms with Gasteiger partial charge in [0.2, 0.25) is 5.88 Å². The Balaban J connectivity index is 2.24. The zero-order valence-corrected chi connectivity index (χ0v) is 10.7. The largest absolute Gasteiger partial charge is 0.397 e. The molecular formula is C12H16N4O2. The number of carbonyl (C=O) groups is 1. The first-order valence-electron chi connectivity index (χ1n) is 5.72. The van der Waals surface area contributed by atoms with Crippen molar-refractivity contribution in [2.45, 2.75) is 27.3 Å². The monoisotopic (exact) mass is 248 g/mol. The summed E-state index contributed by atoms with van der Waals surface area (Å²) in [5.41, 5.74) is 8.33. The molecule has 0 atom stereocenters. The first kappa shape index (κ1) is 12.2. The fraction of sp³-hybridized carbons (Fsp3) is 0.333. The quantitative estimate of drug-likeness (QED) is 0.869. The van der Waals surface area contributed by atoms with Crippen molar-refractivity contribution in [3.63, 3.8) is 0 Å². The summed E-state index contributed by atoms with van der Waals surface area (Å²) in [4.78, 5) is 12.1. The van der Waals surface area contributed by atoms with Gasteiger partial charge in [-0.05, 0) is 26.8 Å². The molecule has 0 aliphatic heterocycles. The van der Waals surface area contributed by atoms with Gasteiger partial charge in [-0.3, -0.25) is 10.1 Å². The lowest BCUT2D eigenvalue weighted by Gasteiger charge is -2.05. The minimum absolute atomic E-state index is 0.257. The third-order valence-electron chi connectivity index (χ3n) is 2.88. The van der Waals surface area contributed by atoms with Crippen LogP contribution in [0.2, 0.25) is 0 Å². The molecule has 6 nitrogen and oxygen atoms in total. The van der Waals surface area contributed by atoms with Crippen LogP contribution in [0.5, 0.6) is 0 Å². The van der Waals surface area contributed by atoms with Gasteiger partial charge >= 0.3 is 0 Å². The SMILES string of the molecule is CCn1cc(N)cc1C(=O)Nc1onc(C)c1C. The summed E-state index contributed by atoms with van der Waals surface area (Å²) in [6.45, 7) is 6.28. The fourth-order valence-corrected chi connectivity index (χ4v) is 1.68. The van der Waals surface area contributed by atoms with Gasteiger partial charge in [0.05, 0.1) is 11.4 Å². The van der Waals surface area contributed by atoms with E-state index in [0.717, 1.165) is 11.3 Å². The molecule has 2 aromatic heterocycles. The van der Waals surface area contributed by atoms with Crippen molar-refractivity contribution in [1.82, 2.24) is 9.72 Å². The van der Waals surface area contributed by atoms with Crippen molar-refractivity contribution in [2.24, 2.45) is 0 Å². The lowest BCUT2D eigenvalue weighted by atomic mass is 10.3. The molecule has 0 saturated heterocycles. The third kappa shape index (κ3) is 2.09. The third-order valence-corrected chi connectivity index (χ3v) is 2.88. The van der Waals surface area contributed by atoms with Crippen LogP contribution in [0.25, 0.3) is 0 Å². The Morgan fingerprint density at radius 1 is 1.56 bits per heavy atom. The van der Waals surface area contributed by atoms with Crippen molar-refractivity contribution in [1.29, 1.82) is 0 Å². The van der Waals surface area contributed by atoms with E-state index < -0.39 is 0 Å². The second kappa shape index (κ2) is 4.56. The smallest absolute Gasteiger partial charge is 0.274 e. The van der Waals surface area contributed by atoms with Crippen molar-refractivity contribution < 1.29 is 9.32 Å². The Bertz CT molecular complexity index is 583. The Morgan fingerprint density at radius 2 is 2.28 bits per heavy atom. The van der Waals surface area contributed by atoms with Gasteiger partial charge in [0, 0.05) is 18.3 Å². The first-order chi connectivity index (χ1) is 8.52. The van der Waals surface area contributed by atoms with Crippen LogP contribution in [0.15, 0.2) is 16.8 Å². The Labute approximate surface area is 105 Å². The molecule has 0 aliphatic carbocycles. The van der Waals surface area contributed by atoms with E-state index in [1.165, 1.54) is 0 Å². The second-order valence-corrected chi connectivity index (χ2v) is 4.12. The number of nitrogens with two attached hydrogens (primary N) is 1. The lowest BCUT2D eigenvalue weighted by molar-refractivity contribution is 0.101. The van der Waals surface area contributed by atoms with E-state index in [2.05, 4.69) is 10.5 Å². The minimum atomic E-state index is -0.257. The van der Waals surface area contributed by atoms with Gasteiger partial charge in [-0.25, -0.2) is 0 Å². The summed E-state index contributed by atoms with van der Waals surface area (Å²) in [6.07, 6.45) is 1.73. The van der Waals surface area contributed by atoms with E-state index in [1.54, 1.807) is 16.8 Å². The van der Waals surface area contributed by atoms with Crippen LogP contribution in [0.4, 0.5) is 11.6 Å². The number of nitrogen functional groups attached to an aromatic ring is 1. The number of nitrogens with one attached hydrogen (secondary N) is 1. The van der Waals surface area contributed by atoms with Crippen LogP contribution in [-0.4, -0.2) is 15.6 Å². The van der Waals surface area contributed by atoms with Crippen molar-refractivity contribution >= 4 is 17.5 Å². The van der Waals surface area contributed by atoms with Gasteiger partial charge < -0.3 is 14.8 Å². The summed E-state index contributed by atoms with van der Waals surface area (Å²) in [7, 11) is 0. The number of hydrogen-bond donors (Lipinski definition) is 2. The zero-order valence-electron chi connectivity index (χ0n) is 10.7. The molecule has 0 radical (unpaired) electrons. The van der Waals surface area contributed by atoms with E-state index in [1.807, 2.05) is 20.8 Å². The predicted molar refractivity (Wildman–Crippen MR) is 68.4 cm³/mol. The van der Waals surface area contributed by atoms with E-state index in [4.69, 9.17) is 10.3 Å². The van der Waals surface area contributed by atoms with Crippen LogP contribution >= 0.6 is 0 Å². The summed E-state index contributed by atoms with van der Waals surface area (Å²) in [6, 6.07) is 1.64. The molecule has 1 amide bonds. The molecule has 0 aliphatic rings. The molecule has 2 rings (SSSR count). The molecule has 18 heavy (non-hydrogen) atoms. The van der Waals surface area contributed by atoms with Crippen LogP contribution in [0, 0.1) is 13.8 Å². The molecule has 3 N–H and O–H groups in total. The van der Waals surface area contributed by atoms with E-state index in [0.29, 0.717) is 23.8 Å². The lowest BCUT2D eigenvalue weighted by Crippen LogP contribution is -2.16. The van der Waals surface area contributed by atoms with Crippen molar-refractivity contribution in [3.05, 3.63) is 29.2 Å². The predicted octanol–water partition coefficient (Wildman–Crippen LogP) is 1.95. The van der Waals surface area contributed by atoms with Gasteiger partial charge in [-0.15, -0.1) is 0 Å². The Kier molecular flexibility index (Phi) is 3.10. The molecule has 0 aromatic carbocycles. The van der Waals surface area contributed by atoms with Gasteiger partial charge in [0.15, 0.2) is 0 Å². The van der Waals surface area contributed by atoms with E-state index in [9.17, 15) is 4.79 Å². The molecule has 0 bridgehead atoms. The van der Waals surface area contributed by atoms with Gasteiger partial charge in [0.25, 0.3) is 5.91 Å². The average Bonchev–Trinajstić information content (AvgIpc) is 2.86. The van der Waals surface area contributed by atoms with Crippen molar-refractivity contribution in [3.8, 4) is 0 Å². The highest BCUT2D eigenvalue weighted by molar-refractivity contribution is 6.03. The number of amides is 1. The van der Waals surface area contributed by atoms with Crippen LogP contribution < -0.4 is 11.1 Å². The number of aromatic nitrogens is 2. The summed E-state index contributed by atoms with van der Waals surface area (Å²) < 4.78 is 6.83. The van der Waals surface area contributed by atoms with Gasteiger partial charge in [-0.2, -0.15) is 0 Å². The Morgan fingerprint density at radius 3 is 2.83 bits per heavy atom. The molecule has 0 fully saturated rings. The number of carbonyl (C=O) groups excluding carboxylic acids is 1. The molecule has 2 aromatic rings. The molecule has 0 unspecified atom stereocenters. The highest BCUT2D eigenvalue weighted by Gasteiger charge is 2.16. The maximum Gasteiger partial charge on any atom is 0.274 e. The summed E-state index contributed by atoms with van der Waals surface area (Å²) >= 11 is 0. The summed E-state index contributed by atoms with van der Waals surface area (Å²) in [5.74, 6) is 0.118. The van der Waals surface area contributed by atoms with E-state index >= 15 is 0 Å². The minimum Gasteiger partial charge on any atom is -0.397 e. The highest BCUT2D eigenvalue weighted by Crippen LogP contribution is 2.19. The van der Waals surface area contributed by atoms with Crippen molar-refractivity contribution in [2.75, 3.05) is 11.1 Å². The normalized spacial score (nSPS) is 10.6. The number of aryl methyl sites for hydroxylation is 2. The molecular weight excluding hydrogens is 232 g/mol. The first-order valence-corrected chi connectivity index (χ1v) is 5.72. The average molecular weight is 248 g/mol. The highest BCUT2D eigenvalue weighted by atomic mass is 16.5. The molecule has 0 saturated carbocycles. The molecule has 2 heterocycles. The number of anilines is 2. The second-order valence-electron chi connectivity index (χ2n) is 4.12. The van der Waals surface area contributed by atoms with Gasteiger partial charge in [-0.1, -0.05) is 5.16 Å². The fourth-order valence-electron chi connectivity index (χ4n) is 1.68.